The fourth-order valence-electron chi connectivity index (χ4n) is 2.50. The van der Waals surface area contributed by atoms with E-state index in [1.807, 2.05) is 0 Å². The second-order valence-electron chi connectivity index (χ2n) is 6.30. The van der Waals surface area contributed by atoms with Crippen LogP contribution in [0.2, 0.25) is 0 Å². The lowest BCUT2D eigenvalue weighted by Crippen LogP contribution is -2.13. The number of nitrogens with one attached hydrogen (secondary N) is 1. The van der Waals surface area contributed by atoms with E-state index < -0.39 is 69.3 Å². The van der Waals surface area contributed by atoms with E-state index in [0.29, 0.717) is 0 Å². The van der Waals surface area contributed by atoms with Crippen LogP contribution in [0.4, 0.5) is 43.9 Å². The van der Waals surface area contributed by atoms with E-state index in [0.717, 1.165) is 6.54 Å². The van der Waals surface area contributed by atoms with E-state index in [2.05, 4.69) is 19.2 Å². The summed E-state index contributed by atoms with van der Waals surface area (Å²) in [6.45, 7) is 6.72. The largest absolute Gasteiger partial charge is 0.317 e. The van der Waals surface area contributed by atoms with Gasteiger partial charge in [0.25, 0.3) is 0 Å². The molecule has 0 amide bonds. The lowest BCUT2D eigenvalue weighted by molar-refractivity contribution is 0.370. The average Bonchev–Trinajstić information content (AvgIpc) is 2.76. The molecule has 2 aromatic carbocycles. The molecule has 0 heterocycles. The monoisotopic (exact) mass is 463 g/mol. The molecule has 0 unspecified atom stereocenters. The van der Waals surface area contributed by atoms with E-state index in [-0.39, 0.29) is 0 Å². The Balaban J connectivity index is 0.000000452. The molecular weight excluding hydrogens is 444 g/mol. The molecule has 0 spiro atoms. The lowest BCUT2D eigenvalue weighted by atomic mass is 10.0. The quantitative estimate of drug-likeness (QED) is 0.203. The zero-order valence-electron chi connectivity index (χ0n) is 16.5. The molecule has 2 aromatic rings. The Hall–Kier alpha value is -2.30. The highest BCUT2D eigenvalue weighted by molar-refractivity contribution is 5.67. The van der Waals surface area contributed by atoms with E-state index in [1.54, 1.807) is 0 Å². The maximum atomic E-state index is 13.4. The Labute approximate surface area is 172 Å². The molecule has 1 N–H and O–H groups in total. The Bertz CT molecular complexity index is 782. The van der Waals surface area contributed by atoms with E-state index >= 15 is 0 Å². The third-order valence-corrected chi connectivity index (χ3v) is 4.13. The highest BCUT2D eigenvalue weighted by Crippen LogP contribution is 2.37. The van der Waals surface area contributed by atoms with Gasteiger partial charge in [0.2, 0.25) is 11.6 Å². The van der Waals surface area contributed by atoms with Gasteiger partial charge in [-0.05, 0) is 19.5 Å². The maximum Gasteiger partial charge on any atom is 0.200 e. The fraction of sp³-hybridized carbons (Fsp3) is 0.400. The van der Waals surface area contributed by atoms with E-state index in [1.165, 1.54) is 32.2 Å². The van der Waals surface area contributed by atoms with Crippen LogP contribution in [0.1, 0.15) is 39.5 Å². The predicted octanol–water partition coefficient (Wildman–Crippen LogP) is 6.92. The second-order valence-corrected chi connectivity index (χ2v) is 6.30. The van der Waals surface area contributed by atoms with Gasteiger partial charge in [0.15, 0.2) is 46.5 Å². The van der Waals surface area contributed by atoms with Crippen molar-refractivity contribution < 1.29 is 43.9 Å². The number of hydrogen-bond acceptors (Lipinski definition) is 1. The summed E-state index contributed by atoms with van der Waals surface area (Å²) in [7, 11) is 0. The van der Waals surface area contributed by atoms with Gasteiger partial charge in [-0.2, -0.15) is 0 Å². The van der Waals surface area contributed by atoms with E-state index in [9.17, 15) is 43.9 Å². The standard InChI is InChI=1S/C12F10.C8H19N/c13-3-1(4(14)8(18)11(21)7(3)17)2-5(15)9(19)12(22)10(20)6(2)16;1-3-5-6-7-8-9-4-2/h;9H,3-8H2,1-2H3. The number of benzene rings is 2. The summed E-state index contributed by atoms with van der Waals surface area (Å²) in [6.07, 6.45) is 5.47. The molecule has 0 saturated heterocycles. The maximum absolute atomic E-state index is 13.4. The molecule has 0 fully saturated rings. The van der Waals surface area contributed by atoms with Gasteiger partial charge in [0, 0.05) is 0 Å². The van der Waals surface area contributed by atoms with Crippen LogP contribution < -0.4 is 5.32 Å². The van der Waals surface area contributed by atoms with Gasteiger partial charge in [0.05, 0.1) is 11.1 Å². The molecule has 2 rings (SSSR count). The summed E-state index contributed by atoms with van der Waals surface area (Å²) < 4.78 is 131. The van der Waals surface area contributed by atoms with Crippen molar-refractivity contribution in [2.45, 2.75) is 39.5 Å². The van der Waals surface area contributed by atoms with Crippen LogP contribution >= 0.6 is 0 Å². The lowest BCUT2D eigenvalue weighted by Gasteiger charge is -2.11. The third kappa shape index (κ3) is 5.90. The highest BCUT2D eigenvalue weighted by Gasteiger charge is 2.34. The average molecular weight is 463 g/mol. The SMILES string of the molecule is CCCCCCNCC.Fc1c(F)c(F)c(-c2c(F)c(F)c(F)c(F)c2F)c(F)c1F. The predicted molar refractivity (Wildman–Crippen MR) is 94.1 cm³/mol. The fourth-order valence-corrected chi connectivity index (χ4v) is 2.50. The summed E-state index contributed by atoms with van der Waals surface area (Å²) in [6, 6.07) is 0. The Kier molecular flexibility index (Phi) is 10.3. The van der Waals surface area contributed by atoms with Crippen molar-refractivity contribution >= 4 is 0 Å². The van der Waals surface area contributed by atoms with Crippen LogP contribution in [-0.4, -0.2) is 13.1 Å². The van der Waals surface area contributed by atoms with Crippen LogP contribution in [0.25, 0.3) is 11.1 Å². The second kappa shape index (κ2) is 11.9. The van der Waals surface area contributed by atoms with Gasteiger partial charge in [-0.25, -0.2) is 43.9 Å². The van der Waals surface area contributed by atoms with Gasteiger partial charge < -0.3 is 5.32 Å². The van der Waals surface area contributed by atoms with Crippen molar-refractivity contribution in [1.82, 2.24) is 5.32 Å². The van der Waals surface area contributed by atoms with Crippen LogP contribution in [-0.2, 0) is 0 Å². The summed E-state index contributed by atoms with van der Waals surface area (Å²) >= 11 is 0. The molecule has 0 aliphatic heterocycles. The summed E-state index contributed by atoms with van der Waals surface area (Å²) in [4.78, 5) is 0. The summed E-state index contributed by atoms with van der Waals surface area (Å²) in [5.74, 6) is -26.6. The van der Waals surface area contributed by atoms with Crippen LogP contribution in [0.3, 0.4) is 0 Å². The Morgan fingerprint density at radius 2 is 0.774 bits per heavy atom. The first-order valence-corrected chi connectivity index (χ1v) is 9.26. The van der Waals surface area contributed by atoms with Crippen LogP contribution in [0.15, 0.2) is 0 Å². The van der Waals surface area contributed by atoms with Crippen molar-refractivity contribution in [3.63, 3.8) is 0 Å². The first-order chi connectivity index (χ1) is 14.5. The molecule has 0 atom stereocenters. The molecule has 0 saturated carbocycles. The molecule has 31 heavy (non-hydrogen) atoms. The summed E-state index contributed by atoms with van der Waals surface area (Å²) in [5.41, 5.74) is -4.52. The van der Waals surface area contributed by atoms with Gasteiger partial charge in [-0.3, -0.25) is 0 Å². The number of halogens is 10. The molecular formula is C20H19F10N. The zero-order valence-corrected chi connectivity index (χ0v) is 16.5. The Morgan fingerprint density at radius 3 is 1.06 bits per heavy atom. The van der Waals surface area contributed by atoms with Gasteiger partial charge >= 0.3 is 0 Å². The normalized spacial score (nSPS) is 10.8. The molecule has 11 heteroatoms. The number of rotatable bonds is 7. The first kappa shape index (κ1) is 26.7. The van der Waals surface area contributed by atoms with Crippen molar-refractivity contribution in [3.05, 3.63) is 58.2 Å². The van der Waals surface area contributed by atoms with E-state index in [4.69, 9.17) is 0 Å². The Morgan fingerprint density at radius 1 is 0.452 bits per heavy atom. The molecule has 0 bridgehead atoms. The van der Waals surface area contributed by atoms with Crippen molar-refractivity contribution in [2.24, 2.45) is 0 Å². The van der Waals surface area contributed by atoms with Crippen molar-refractivity contribution in [1.29, 1.82) is 0 Å². The van der Waals surface area contributed by atoms with Crippen LogP contribution in [0, 0.1) is 58.2 Å². The molecule has 1 nitrogen and oxygen atoms in total. The summed E-state index contributed by atoms with van der Waals surface area (Å²) in [5, 5.41) is 3.31. The number of unbranched alkanes of at least 4 members (excludes halogenated alkanes) is 3. The van der Waals surface area contributed by atoms with Gasteiger partial charge in [-0.15, -0.1) is 0 Å². The molecule has 0 aliphatic carbocycles. The van der Waals surface area contributed by atoms with Crippen molar-refractivity contribution in [3.8, 4) is 11.1 Å². The minimum atomic E-state index is -2.68. The van der Waals surface area contributed by atoms with Crippen molar-refractivity contribution in [2.75, 3.05) is 13.1 Å². The van der Waals surface area contributed by atoms with Gasteiger partial charge in [0.1, 0.15) is 0 Å². The highest BCUT2D eigenvalue weighted by atomic mass is 19.2. The molecule has 0 radical (unpaired) electrons. The third-order valence-electron chi connectivity index (χ3n) is 4.13. The minimum Gasteiger partial charge on any atom is -0.317 e. The molecule has 0 aliphatic rings. The topological polar surface area (TPSA) is 12.0 Å². The first-order valence-electron chi connectivity index (χ1n) is 9.26. The minimum absolute atomic E-state index is 1.12. The van der Waals surface area contributed by atoms with Gasteiger partial charge in [-0.1, -0.05) is 33.1 Å². The zero-order chi connectivity index (χ0) is 23.9. The number of hydrogen-bond donors (Lipinski definition) is 1. The molecule has 0 aromatic heterocycles. The smallest absolute Gasteiger partial charge is 0.200 e. The van der Waals surface area contributed by atoms with Crippen LogP contribution in [0.5, 0.6) is 0 Å². The molecule has 174 valence electrons.